The number of aromatic nitrogens is 2. The Kier molecular flexibility index (Phi) is 0.676. The van der Waals surface area contributed by atoms with Gasteiger partial charge in [0, 0.05) is 23.8 Å². The standard InChI is InChI=1S/C5H3N2S/c1-4-8-7-3-2-6-5(1)7/h2-4H. The van der Waals surface area contributed by atoms with Gasteiger partial charge in [0.1, 0.15) is 0 Å². The van der Waals surface area contributed by atoms with Crippen LogP contribution >= 0.6 is 11.5 Å². The third-order valence-corrected chi connectivity index (χ3v) is 1.71. The molecule has 8 heavy (non-hydrogen) atoms. The summed E-state index contributed by atoms with van der Waals surface area (Å²) in [5, 5.41) is 1.89. The van der Waals surface area contributed by atoms with Gasteiger partial charge in [0.2, 0.25) is 0 Å². The highest BCUT2D eigenvalue weighted by Crippen LogP contribution is 2.03. The quantitative estimate of drug-likeness (QED) is 0.514. The summed E-state index contributed by atoms with van der Waals surface area (Å²) in [5.74, 6) is 0. The van der Waals surface area contributed by atoms with Gasteiger partial charge in [-0.2, -0.15) is 0 Å². The largest absolute Gasteiger partial charge is 0.255 e. The lowest BCUT2D eigenvalue weighted by Crippen LogP contribution is -1.64. The SMILES string of the molecule is [c]1csn2ccnc12. The highest BCUT2D eigenvalue weighted by Gasteiger charge is 1.89. The molecule has 2 nitrogen and oxygen atoms in total. The van der Waals surface area contributed by atoms with Crippen LogP contribution in [0.25, 0.3) is 5.65 Å². The number of imidazole rings is 1. The Morgan fingerprint density at radius 3 is 3.62 bits per heavy atom. The van der Waals surface area contributed by atoms with Crippen molar-refractivity contribution < 1.29 is 0 Å². The maximum absolute atomic E-state index is 4.00. The lowest BCUT2D eigenvalue weighted by Gasteiger charge is -1.71. The van der Waals surface area contributed by atoms with Crippen LogP contribution in [0.2, 0.25) is 0 Å². The number of hydrogen-bond acceptors (Lipinski definition) is 2. The van der Waals surface area contributed by atoms with E-state index in [-0.39, 0.29) is 0 Å². The molecule has 1 radical (unpaired) electrons. The van der Waals surface area contributed by atoms with Gasteiger partial charge in [-0.3, -0.25) is 3.79 Å². The fraction of sp³-hybridized carbons (Fsp3) is 0. The van der Waals surface area contributed by atoms with Crippen LogP contribution in [0.15, 0.2) is 17.8 Å². The molecule has 0 bridgehead atoms. The van der Waals surface area contributed by atoms with Crippen LogP contribution < -0.4 is 0 Å². The van der Waals surface area contributed by atoms with Gasteiger partial charge in [0.05, 0.1) is 0 Å². The maximum atomic E-state index is 4.00. The molecule has 0 saturated carbocycles. The second-order valence-electron chi connectivity index (χ2n) is 1.44. The summed E-state index contributed by atoms with van der Waals surface area (Å²) in [7, 11) is 0. The van der Waals surface area contributed by atoms with E-state index < -0.39 is 0 Å². The number of rotatable bonds is 0. The smallest absolute Gasteiger partial charge is 0.154 e. The number of fused-ring (bicyclic) bond motifs is 1. The summed E-state index contributed by atoms with van der Waals surface area (Å²) >= 11 is 1.59. The van der Waals surface area contributed by atoms with Crippen LogP contribution in [0.4, 0.5) is 0 Å². The minimum absolute atomic E-state index is 0.912. The van der Waals surface area contributed by atoms with E-state index in [9.17, 15) is 0 Å². The summed E-state index contributed by atoms with van der Waals surface area (Å²) in [4.78, 5) is 4.00. The van der Waals surface area contributed by atoms with Gasteiger partial charge in [-0.1, -0.05) is 11.5 Å². The van der Waals surface area contributed by atoms with Gasteiger partial charge in [-0.05, 0) is 0 Å². The van der Waals surface area contributed by atoms with Gasteiger partial charge in [-0.25, -0.2) is 4.98 Å². The predicted octanol–water partition coefficient (Wildman–Crippen LogP) is 1.20. The van der Waals surface area contributed by atoms with E-state index in [1.54, 1.807) is 17.7 Å². The van der Waals surface area contributed by atoms with Gasteiger partial charge in [-0.15, -0.1) is 0 Å². The molecule has 0 aliphatic carbocycles. The first-order valence-corrected chi connectivity index (χ1v) is 3.09. The number of nitrogens with zero attached hydrogens (tertiary/aromatic N) is 2. The molecule has 0 amide bonds. The molecule has 0 spiro atoms. The Labute approximate surface area is 50.6 Å². The van der Waals surface area contributed by atoms with Crippen LogP contribution in [0.5, 0.6) is 0 Å². The summed E-state index contributed by atoms with van der Waals surface area (Å²) in [6.07, 6.45) is 3.68. The van der Waals surface area contributed by atoms with Gasteiger partial charge >= 0.3 is 0 Å². The Morgan fingerprint density at radius 2 is 2.75 bits per heavy atom. The average Bonchev–Trinajstić information content (AvgIpc) is 2.15. The summed E-state index contributed by atoms with van der Waals surface area (Å²) in [6.45, 7) is 0. The molecule has 0 atom stereocenters. The van der Waals surface area contributed by atoms with E-state index in [2.05, 4.69) is 11.1 Å². The van der Waals surface area contributed by atoms with E-state index in [1.165, 1.54) is 0 Å². The van der Waals surface area contributed by atoms with Crippen molar-refractivity contribution in [1.82, 2.24) is 8.77 Å². The zero-order chi connectivity index (χ0) is 5.40. The summed E-state index contributed by atoms with van der Waals surface area (Å²) < 4.78 is 1.96. The highest BCUT2D eigenvalue weighted by molar-refractivity contribution is 7.04. The van der Waals surface area contributed by atoms with Gasteiger partial charge in [0.15, 0.2) is 5.65 Å². The molecular weight excluding hydrogens is 120 g/mol. The second kappa shape index (κ2) is 1.32. The second-order valence-corrected chi connectivity index (χ2v) is 2.28. The molecular formula is C5H3N2S. The molecule has 2 rings (SSSR count). The molecule has 39 valence electrons. The van der Waals surface area contributed by atoms with Crippen molar-refractivity contribution in [1.29, 1.82) is 0 Å². The van der Waals surface area contributed by atoms with E-state index in [1.807, 2.05) is 15.4 Å². The molecule has 3 heteroatoms. The Hall–Kier alpha value is -0.830. The van der Waals surface area contributed by atoms with E-state index in [0.717, 1.165) is 5.65 Å². The Balaban J connectivity index is 3.06. The van der Waals surface area contributed by atoms with Crippen LogP contribution in [0, 0.1) is 6.07 Å². The van der Waals surface area contributed by atoms with Crippen LogP contribution in [0.3, 0.4) is 0 Å². The van der Waals surface area contributed by atoms with Crippen molar-refractivity contribution in [3.05, 3.63) is 23.8 Å². The first-order valence-electron chi connectivity index (χ1n) is 2.25. The molecule has 0 aliphatic rings. The zero-order valence-corrected chi connectivity index (χ0v) is 4.85. The molecule has 0 aromatic carbocycles. The molecule has 2 aromatic heterocycles. The van der Waals surface area contributed by atoms with Crippen molar-refractivity contribution >= 4 is 17.2 Å². The van der Waals surface area contributed by atoms with Crippen molar-refractivity contribution in [2.45, 2.75) is 0 Å². The van der Waals surface area contributed by atoms with Crippen molar-refractivity contribution in [2.24, 2.45) is 0 Å². The van der Waals surface area contributed by atoms with Crippen LogP contribution in [-0.4, -0.2) is 8.77 Å². The lowest BCUT2D eigenvalue weighted by molar-refractivity contribution is 1.37. The first-order chi connectivity index (χ1) is 3.97. The fourth-order valence-corrected chi connectivity index (χ4v) is 1.21. The van der Waals surface area contributed by atoms with E-state index >= 15 is 0 Å². The predicted molar refractivity (Wildman–Crippen MR) is 31.9 cm³/mol. The number of hydrogen-bond donors (Lipinski definition) is 0. The zero-order valence-electron chi connectivity index (χ0n) is 4.03. The molecule has 0 unspecified atom stereocenters. The van der Waals surface area contributed by atoms with Crippen molar-refractivity contribution in [3.63, 3.8) is 0 Å². The Morgan fingerprint density at radius 1 is 1.75 bits per heavy atom. The summed E-state index contributed by atoms with van der Waals surface area (Å²) in [5.41, 5.74) is 0.912. The van der Waals surface area contributed by atoms with Crippen molar-refractivity contribution in [2.75, 3.05) is 0 Å². The first kappa shape index (κ1) is 4.09. The van der Waals surface area contributed by atoms with Gasteiger partial charge in [0.25, 0.3) is 0 Å². The average molecular weight is 123 g/mol. The normalized spacial score (nSPS) is 10.5. The minimum Gasteiger partial charge on any atom is -0.255 e. The lowest BCUT2D eigenvalue weighted by atomic mass is 10.7. The maximum Gasteiger partial charge on any atom is 0.154 e. The fourth-order valence-electron chi connectivity index (χ4n) is 0.614. The molecule has 0 fully saturated rings. The molecule has 0 aliphatic heterocycles. The van der Waals surface area contributed by atoms with Crippen LogP contribution in [0.1, 0.15) is 0 Å². The third kappa shape index (κ3) is 0.391. The minimum atomic E-state index is 0.912. The van der Waals surface area contributed by atoms with Crippen molar-refractivity contribution in [3.8, 4) is 0 Å². The van der Waals surface area contributed by atoms with Gasteiger partial charge < -0.3 is 0 Å². The monoisotopic (exact) mass is 123 g/mol. The topological polar surface area (TPSA) is 17.3 Å². The molecule has 2 aromatic rings. The van der Waals surface area contributed by atoms with E-state index in [4.69, 9.17) is 0 Å². The third-order valence-electron chi connectivity index (χ3n) is 0.962. The Bertz CT molecular complexity index is 232. The highest BCUT2D eigenvalue weighted by atomic mass is 32.1. The molecule has 2 heterocycles. The molecule has 0 saturated heterocycles. The summed E-state index contributed by atoms with van der Waals surface area (Å²) in [6, 6.07) is 2.97. The molecule has 0 N–H and O–H groups in total. The van der Waals surface area contributed by atoms with Crippen LogP contribution in [-0.2, 0) is 0 Å². The van der Waals surface area contributed by atoms with E-state index in [0.29, 0.717) is 0 Å².